The highest BCUT2D eigenvalue weighted by Gasteiger charge is 2.19. The summed E-state index contributed by atoms with van der Waals surface area (Å²) in [6.07, 6.45) is 4.03. The largest absolute Gasteiger partial charge is 0.480 e. The number of amides is 2. The fourth-order valence-electron chi connectivity index (χ4n) is 2.59. The van der Waals surface area contributed by atoms with Gasteiger partial charge in [-0.1, -0.05) is 11.6 Å². The summed E-state index contributed by atoms with van der Waals surface area (Å²) in [6.45, 7) is 1.81. The van der Waals surface area contributed by atoms with Crippen LogP contribution in [0.15, 0.2) is 24.7 Å². The average molecular weight is 402 g/mol. The van der Waals surface area contributed by atoms with Crippen LogP contribution in [0.1, 0.15) is 24.2 Å². The standard InChI is InChI=1S/C17H16ClN7O3/c1-9(27-2)14-12(7-21-25-8-13(18)24-15(14)25)23-17(26)22-11-4-10(5-19)16(28-3)20-6-11/h4,6-9H,1-3H3,(H2,22,23,26). The highest BCUT2D eigenvalue weighted by Crippen LogP contribution is 2.29. The maximum absolute atomic E-state index is 12.5. The van der Waals surface area contributed by atoms with Crippen LogP contribution < -0.4 is 15.4 Å². The molecule has 0 saturated carbocycles. The Morgan fingerprint density at radius 3 is 2.82 bits per heavy atom. The quantitative estimate of drug-likeness (QED) is 0.672. The van der Waals surface area contributed by atoms with Crippen molar-refractivity contribution in [1.29, 1.82) is 5.26 Å². The molecule has 1 unspecified atom stereocenters. The van der Waals surface area contributed by atoms with Crippen LogP contribution >= 0.6 is 11.6 Å². The van der Waals surface area contributed by atoms with Crippen LogP contribution in [0, 0.1) is 11.3 Å². The van der Waals surface area contributed by atoms with Crippen molar-refractivity contribution in [3.05, 3.63) is 40.9 Å². The zero-order valence-corrected chi connectivity index (χ0v) is 16.0. The van der Waals surface area contributed by atoms with Gasteiger partial charge in [-0.15, -0.1) is 0 Å². The first-order chi connectivity index (χ1) is 13.5. The van der Waals surface area contributed by atoms with Gasteiger partial charge in [0.05, 0.1) is 48.7 Å². The van der Waals surface area contributed by atoms with Gasteiger partial charge in [0, 0.05) is 7.11 Å². The highest BCUT2D eigenvalue weighted by atomic mass is 35.5. The Balaban J connectivity index is 1.88. The minimum Gasteiger partial charge on any atom is -0.480 e. The summed E-state index contributed by atoms with van der Waals surface area (Å²) in [5, 5.41) is 18.9. The Bertz CT molecular complexity index is 1080. The third-order valence-corrected chi connectivity index (χ3v) is 4.11. The predicted molar refractivity (Wildman–Crippen MR) is 102 cm³/mol. The van der Waals surface area contributed by atoms with E-state index in [1.54, 1.807) is 13.3 Å². The van der Waals surface area contributed by atoms with Gasteiger partial charge in [0.25, 0.3) is 0 Å². The summed E-state index contributed by atoms with van der Waals surface area (Å²) in [4.78, 5) is 20.7. The second-order valence-corrected chi connectivity index (χ2v) is 6.04. The molecule has 2 N–H and O–H groups in total. The van der Waals surface area contributed by atoms with Crippen LogP contribution in [0.25, 0.3) is 5.65 Å². The van der Waals surface area contributed by atoms with Crippen LogP contribution in [-0.4, -0.2) is 39.8 Å². The molecule has 10 nitrogen and oxygen atoms in total. The van der Waals surface area contributed by atoms with Gasteiger partial charge in [-0.2, -0.15) is 10.4 Å². The molecule has 3 aromatic heterocycles. The van der Waals surface area contributed by atoms with Crippen LogP contribution in [0.3, 0.4) is 0 Å². The van der Waals surface area contributed by atoms with E-state index in [4.69, 9.17) is 26.3 Å². The van der Waals surface area contributed by atoms with Gasteiger partial charge in [-0.05, 0) is 13.0 Å². The maximum Gasteiger partial charge on any atom is 0.323 e. The molecule has 0 saturated heterocycles. The molecule has 0 aliphatic rings. The number of anilines is 2. The number of imidazole rings is 1. The third kappa shape index (κ3) is 3.80. The lowest BCUT2D eigenvalue weighted by atomic mass is 10.1. The number of aromatic nitrogens is 4. The number of halogens is 1. The molecule has 0 spiro atoms. The Labute approximate surface area is 165 Å². The number of pyridine rings is 1. The van der Waals surface area contributed by atoms with Crippen LogP contribution in [0.2, 0.25) is 5.15 Å². The molecular weight excluding hydrogens is 386 g/mol. The van der Waals surface area contributed by atoms with E-state index in [0.29, 0.717) is 22.6 Å². The Morgan fingerprint density at radius 1 is 1.36 bits per heavy atom. The van der Waals surface area contributed by atoms with E-state index >= 15 is 0 Å². The number of nitrogens with zero attached hydrogens (tertiary/aromatic N) is 5. The van der Waals surface area contributed by atoms with Crippen LogP contribution in [-0.2, 0) is 4.74 Å². The number of hydrogen-bond acceptors (Lipinski definition) is 7. The Hall–Kier alpha value is -3.42. The normalized spacial score (nSPS) is 11.7. The van der Waals surface area contributed by atoms with Crippen molar-refractivity contribution in [3.63, 3.8) is 0 Å². The number of rotatable bonds is 5. The lowest BCUT2D eigenvalue weighted by Gasteiger charge is -2.16. The van der Waals surface area contributed by atoms with Crippen molar-refractivity contribution in [2.75, 3.05) is 24.9 Å². The average Bonchev–Trinajstić information content (AvgIpc) is 3.07. The van der Waals surface area contributed by atoms with Gasteiger partial charge in [-0.25, -0.2) is 19.3 Å². The fourth-order valence-corrected chi connectivity index (χ4v) is 2.76. The van der Waals surface area contributed by atoms with Gasteiger partial charge in [0.1, 0.15) is 16.8 Å². The smallest absolute Gasteiger partial charge is 0.323 e. The molecule has 144 valence electrons. The fraction of sp³-hybridized carbons (Fsp3) is 0.235. The number of nitriles is 1. The molecule has 3 heterocycles. The number of hydrogen-bond donors (Lipinski definition) is 2. The van der Waals surface area contributed by atoms with Crippen molar-refractivity contribution in [1.82, 2.24) is 19.6 Å². The van der Waals surface area contributed by atoms with E-state index in [0.717, 1.165) is 0 Å². The highest BCUT2D eigenvalue weighted by molar-refractivity contribution is 6.29. The number of urea groups is 1. The Kier molecular flexibility index (Phi) is 5.58. The minimum atomic E-state index is -0.552. The molecule has 3 aromatic rings. The molecule has 28 heavy (non-hydrogen) atoms. The summed E-state index contributed by atoms with van der Waals surface area (Å²) in [5.41, 5.74) is 2.02. The van der Waals surface area contributed by atoms with Crippen molar-refractivity contribution in [2.45, 2.75) is 13.0 Å². The van der Waals surface area contributed by atoms with E-state index in [1.165, 1.54) is 30.1 Å². The third-order valence-electron chi connectivity index (χ3n) is 3.93. The molecule has 1 atom stereocenters. The van der Waals surface area contributed by atoms with Gasteiger partial charge in [0.2, 0.25) is 5.88 Å². The number of carbonyl (C=O) groups is 1. The van der Waals surface area contributed by atoms with Crippen LogP contribution in [0.4, 0.5) is 16.2 Å². The summed E-state index contributed by atoms with van der Waals surface area (Å²) in [7, 11) is 2.95. The number of nitrogens with one attached hydrogen (secondary N) is 2. The van der Waals surface area contributed by atoms with Gasteiger partial charge in [-0.3, -0.25) is 0 Å². The zero-order chi connectivity index (χ0) is 20.3. The van der Waals surface area contributed by atoms with Crippen molar-refractivity contribution >= 4 is 34.7 Å². The molecule has 0 aromatic carbocycles. The minimum absolute atomic E-state index is 0.176. The second kappa shape index (κ2) is 8.08. The lowest BCUT2D eigenvalue weighted by molar-refractivity contribution is 0.120. The van der Waals surface area contributed by atoms with E-state index in [-0.39, 0.29) is 22.7 Å². The lowest BCUT2D eigenvalue weighted by Crippen LogP contribution is -2.21. The van der Waals surface area contributed by atoms with Crippen molar-refractivity contribution in [3.8, 4) is 11.9 Å². The molecule has 0 aliphatic heterocycles. The first kappa shape index (κ1) is 19.3. The maximum atomic E-state index is 12.5. The molecule has 0 aliphatic carbocycles. The van der Waals surface area contributed by atoms with Gasteiger partial charge >= 0.3 is 6.03 Å². The van der Waals surface area contributed by atoms with Crippen molar-refractivity contribution in [2.24, 2.45) is 0 Å². The Morgan fingerprint density at radius 2 is 2.14 bits per heavy atom. The molecule has 0 fully saturated rings. The van der Waals surface area contributed by atoms with E-state index in [1.807, 2.05) is 13.0 Å². The number of fused-ring (bicyclic) bond motifs is 1. The first-order valence-electron chi connectivity index (χ1n) is 8.05. The van der Waals surface area contributed by atoms with Crippen molar-refractivity contribution < 1.29 is 14.3 Å². The predicted octanol–water partition coefficient (Wildman–Crippen LogP) is 3.01. The van der Waals surface area contributed by atoms with Gasteiger partial charge < -0.3 is 20.1 Å². The molecule has 0 bridgehead atoms. The van der Waals surface area contributed by atoms with E-state index in [9.17, 15) is 4.79 Å². The molecule has 11 heteroatoms. The zero-order valence-electron chi connectivity index (χ0n) is 15.2. The molecular formula is C17H16ClN7O3. The van der Waals surface area contributed by atoms with Crippen LogP contribution in [0.5, 0.6) is 5.88 Å². The summed E-state index contributed by atoms with van der Waals surface area (Å²) < 4.78 is 11.9. The number of ether oxygens (including phenoxy) is 2. The van der Waals surface area contributed by atoms with E-state index < -0.39 is 6.03 Å². The number of methoxy groups -OCH3 is 2. The summed E-state index contributed by atoms with van der Waals surface area (Å²) in [6, 6.07) is 2.86. The SMILES string of the molecule is COc1ncc(NC(=O)Nc2cnn3cc(Cl)nc3c2C(C)OC)cc1C#N. The molecule has 2 amide bonds. The first-order valence-corrected chi connectivity index (χ1v) is 8.43. The van der Waals surface area contributed by atoms with E-state index in [2.05, 4.69) is 25.7 Å². The number of carbonyl (C=O) groups excluding carboxylic acids is 1. The molecule has 0 radical (unpaired) electrons. The second-order valence-electron chi connectivity index (χ2n) is 5.65. The molecule has 3 rings (SSSR count). The van der Waals surface area contributed by atoms with Gasteiger partial charge in [0.15, 0.2) is 5.65 Å². The monoisotopic (exact) mass is 401 g/mol. The summed E-state index contributed by atoms with van der Waals surface area (Å²) in [5.74, 6) is 0.176. The summed E-state index contributed by atoms with van der Waals surface area (Å²) >= 11 is 5.97. The topological polar surface area (TPSA) is 126 Å².